The highest BCUT2D eigenvalue weighted by Crippen LogP contribution is 2.33. The number of halogens is 3. The molecule has 0 aliphatic heterocycles. The van der Waals surface area contributed by atoms with Crippen molar-refractivity contribution in [3.63, 3.8) is 0 Å². The van der Waals surface area contributed by atoms with Crippen LogP contribution in [0.2, 0.25) is 0 Å². The van der Waals surface area contributed by atoms with Crippen LogP contribution >= 0.6 is 0 Å². The van der Waals surface area contributed by atoms with Gasteiger partial charge < -0.3 is 5.32 Å². The Kier molecular flexibility index (Phi) is 4.30. The molecule has 28 heavy (non-hydrogen) atoms. The monoisotopic (exact) mass is 382 g/mol. The van der Waals surface area contributed by atoms with Gasteiger partial charge in [0, 0.05) is 17.4 Å². The number of aromatic nitrogens is 3. The number of anilines is 2. The molecule has 4 aromatic rings. The van der Waals surface area contributed by atoms with Gasteiger partial charge in [-0.25, -0.2) is 23.1 Å². The van der Waals surface area contributed by atoms with Gasteiger partial charge in [-0.15, -0.1) is 0 Å². The Balaban J connectivity index is 1.95. The molecule has 0 fully saturated rings. The van der Waals surface area contributed by atoms with E-state index in [9.17, 15) is 13.2 Å². The normalized spacial score (nSPS) is 11.2. The van der Waals surface area contributed by atoms with Gasteiger partial charge in [-0.3, -0.25) is 4.57 Å². The standard InChI is InChI=1S/C21H17F3N4/c1-11-12(2)28(16-7-4-14(22)5-8-16)21-19(11)20(25-13(3)26-21)27-18-10-15(23)6-9-17(18)24/h4-10H,1-3H3,(H,25,26,27). The first-order valence-corrected chi connectivity index (χ1v) is 8.69. The zero-order chi connectivity index (χ0) is 20.0. The van der Waals surface area contributed by atoms with Crippen molar-refractivity contribution in [2.75, 3.05) is 5.32 Å². The number of benzene rings is 2. The summed E-state index contributed by atoms with van der Waals surface area (Å²) in [5.74, 6) is -0.619. The summed E-state index contributed by atoms with van der Waals surface area (Å²) < 4.78 is 42.9. The second-order valence-corrected chi connectivity index (χ2v) is 6.59. The van der Waals surface area contributed by atoms with Crippen molar-refractivity contribution in [3.05, 3.63) is 77.0 Å². The quantitative estimate of drug-likeness (QED) is 0.508. The summed E-state index contributed by atoms with van der Waals surface area (Å²) in [6.45, 7) is 5.55. The molecular formula is C21H17F3N4. The highest BCUT2D eigenvalue weighted by molar-refractivity contribution is 5.94. The molecule has 2 aromatic heterocycles. The predicted molar refractivity (Wildman–Crippen MR) is 103 cm³/mol. The average molecular weight is 382 g/mol. The summed E-state index contributed by atoms with van der Waals surface area (Å²) in [4.78, 5) is 8.95. The molecule has 0 radical (unpaired) electrons. The maximum Gasteiger partial charge on any atom is 0.150 e. The summed E-state index contributed by atoms with van der Waals surface area (Å²) in [7, 11) is 0. The number of aryl methyl sites for hydroxylation is 2. The largest absolute Gasteiger partial charge is 0.337 e. The maximum absolute atomic E-state index is 14.1. The van der Waals surface area contributed by atoms with Crippen molar-refractivity contribution < 1.29 is 13.2 Å². The Hall–Kier alpha value is -3.35. The second-order valence-electron chi connectivity index (χ2n) is 6.59. The van der Waals surface area contributed by atoms with E-state index < -0.39 is 11.6 Å². The molecule has 142 valence electrons. The van der Waals surface area contributed by atoms with Crippen LogP contribution in [0.4, 0.5) is 24.7 Å². The van der Waals surface area contributed by atoms with Crippen LogP contribution in [0.15, 0.2) is 42.5 Å². The number of nitrogens with one attached hydrogen (secondary N) is 1. The Morgan fingerprint density at radius 1 is 0.857 bits per heavy atom. The number of hydrogen-bond acceptors (Lipinski definition) is 3. The van der Waals surface area contributed by atoms with E-state index >= 15 is 0 Å². The Bertz CT molecular complexity index is 1200. The van der Waals surface area contributed by atoms with Crippen LogP contribution < -0.4 is 5.32 Å². The SMILES string of the molecule is Cc1nc(Nc2cc(F)ccc2F)c2c(C)c(C)n(-c3ccc(F)cc3)c2n1. The minimum absolute atomic E-state index is 0.00835. The predicted octanol–water partition coefficient (Wildman–Crippen LogP) is 5.51. The lowest BCUT2D eigenvalue weighted by molar-refractivity contribution is 0.603. The zero-order valence-electron chi connectivity index (χ0n) is 15.5. The number of fused-ring (bicyclic) bond motifs is 1. The summed E-state index contributed by atoms with van der Waals surface area (Å²) in [6, 6.07) is 9.29. The van der Waals surface area contributed by atoms with E-state index in [0.717, 1.165) is 35.1 Å². The third kappa shape index (κ3) is 2.98. The Morgan fingerprint density at radius 2 is 1.54 bits per heavy atom. The van der Waals surface area contributed by atoms with Crippen LogP contribution in [0.5, 0.6) is 0 Å². The Morgan fingerprint density at radius 3 is 2.25 bits per heavy atom. The van der Waals surface area contributed by atoms with E-state index in [1.54, 1.807) is 19.1 Å². The lowest BCUT2D eigenvalue weighted by atomic mass is 10.2. The fourth-order valence-electron chi connectivity index (χ4n) is 3.29. The van der Waals surface area contributed by atoms with Crippen molar-refractivity contribution in [1.82, 2.24) is 14.5 Å². The van der Waals surface area contributed by atoms with Gasteiger partial charge in [-0.1, -0.05) is 0 Å². The lowest BCUT2D eigenvalue weighted by Gasteiger charge is -2.11. The highest BCUT2D eigenvalue weighted by atomic mass is 19.1. The molecule has 2 heterocycles. The van der Waals surface area contributed by atoms with Crippen molar-refractivity contribution >= 4 is 22.5 Å². The number of nitrogens with zero attached hydrogens (tertiary/aromatic N) is 3. The van der Waals surface area contributed by atoms with Gasteiger partial charge in [0.05, 0.1) is 11.1 Å². The molecule has 7 heteroatoms. The van der Waals surface area contributed by atoms with Crippen molar-refractivity contribution in [2.45, 2.75) is 20.8 Å². The third-order valence-electron chi connectivity index (χ3n) is 4.73. The molecule has 0 atom stereocenters. The summed E-state index contributed by atoms with van der Waals surface area (Å²) in [6.07, 6.45) is 0. The Labute approximate surface area is 159 Å². The van der Waals surface area contributed by atoms with Gasteiger partial charge in [-0.2, -0.15) is 0 Å². The molecule has 0 spiro atoms. The topological polar surface area (TPSA) is 42.7 Å². The van der Waals surface area contributed by atoms with E-state index in [1.165, 1.54) is 12.1 Å². The van der Waals surface area contributed by atoms with Crippen molar-refractivity contribution in [3.8, 4) is 5.69 Å². The molecule has 0 unspecified atom stereocenters. The number of hydrogen-bond donors (Lipinski definition) is 1. The molecule has 0 aliphatic rings. The fourth-order valence-corrected chi connectivity index (χ4v) is 3.29. The highest BCUT2D eigenvalue weighted by Gasteiger charge is 2.19. The third-order valence-corrected chi connectivity index (χ3v) is 4.73. The van der Waals surface area contributed by atoms with Gasteiger partial charge in [0.1, 0.15) is 29.1 Å². The van der Waals surface area contributed by atoms with Gasteiger partial charge in [0.15, 0.2) is 5.65 Å². The van der Waals surface area contributed by atoms with E-state index in [2.05, 4.69) is 15.3 Å². The molecule has 0 bridgehead atoms. The summed E-state index contributed by atoms with van der Waals surface area (Å²) in [5, 5.41) is 3.59. The number of rotatable bonds is 3. The van der Waals surface area contributed by atoms with E-state index in [1.807, 2.05) is 18.4 Å². The fraction of sp³-hybridized carbons (Fsp3) is 0.143. The van der Waals surface area contributed by atoms with Crippen molar-refractivity contribution in [1.29, 1.82) is 0 Å². The smallest absolute Gasteiger partial charge is 0.150 e. The van der Waals surface area contributed by atoms with Gasteiger partial charge >= 0.3 is 0 Å². The molecule has 4 rings (SSSR count). The van der Waals surface area contributed by atoms with Crippen LogP contribution in [0.3, 0.4) is 0 Å². The molecule has 1 N–H and O–H groups in total. The summed E-state index contributed by atoms with van der Waals surface area (Å²) >= 11 is 0. The van der Waals surface area contributed by atoms with Crippen LogP contribution in [0, 0.1) is 38.2 Å². The summed E-state index contributed by atoms with van der Waals surface area (Å²) in [5.41, 5.74) is 3.13. The van der Waals surface area contributed by atoms with Gasteiger partial charge in [0.25, 0.3) is 0 Å². The van der Waals surface area contributed by atoms with Gasteiger partial charge in [0.2, 0.25) is 0 Å². The second kappa shape index (κ2) is 6.67. The zero-order valence-corrected chi connectivity index (χ0v) is 15.5. The minimum Gasteiger partial charge on any atom is -0.337 e. The first kappa shape index (κ1) is 18.0. The van der Waals surface area contributed by atoms with Gasteiger partial charge in [-0.05, 0) is 62.7 Å². The average Bonchev–Trinajstić information content (AvgIpc) is 2.90. The maximum atomic E-state index is 14.1. The van der Waals surface area contributed by atoms with Crippen LogP contribution in [0.1, 0.15) is 17.1 Å². The van der Waals surface area contributed by atoms with Crippen LogP contribution in [-0.4, -0.2) is 14.5 Å². The first-order chi connectivity index (χ1) is 13.3. The molecule has 2 aromatic carbocycles. The van der Waals surface area contributed by atoms with E-state index in [0.29, 0.717) is 22.7 Å². The van der Waals surface area contributed by atoms with E-state index in [4.69, 9.17) is 0 Å². The molecule has 0 saturated heterocycles. The van der Waals surface area contributed by atoms with Crippen LogP contribution in [0.25, 0.3) is 16.7 Å². The lowest BCUT2D eigenvalue weighted by Crippen LogP contribution is -2.03. The molecular weight excluding hydrogens is 365 g/mol. The van der Waals surface area contributed by atoms with Crippen LogP contribution in [-0.2, 0) is 0 Å². The molecule has 0 aliphatic carbocycles. The van der Waals surface area contributed by atoms with Crippen molar-refractivity contribution in [2.24, 2.45) is 0 Å². The molecule has 0 amide bonds. The molecule has 0 saturated carbocycles. The molecule has 4 nitrogen and oxygen atoms in total. The van der Waals surface area contributed by atoms with E-state index in [-0.39, 0.29) is 11.5 Å². The minimum atomic E-state index is -0.585. The first-order valence-electron chi connectivity index (χ1n) is 8.69.